The van der Waals surface area contributed by atoms with Crippen molar-refractivity contribution in [3.63, 3.8) is 0 Å². The lowest BCUT2D eigenvalue weighted by atomic mass is 9.92. The van der Waals surface area contributed by atoms with Gasteiger partial charge in [0.1, 0.15) is 0 Å². The Kier molecular flexibility index (Phi) is 2.52. The van der Waals surface area contributed by atoms with Crippen LogP contribution in [0.5, 0.6) is 0 Å². The van der Waals surface area contributed by atoms with Gasteiger partial charge >= 0.3 is 0 Å². The number of anilines is 1. The first-order chi connectivity index (χ1) is 7.50. The van der Waals surface area contributed by atoms with Gasteiger partial charge in [-0.3, -0.25) is 4.79 Å². The molecule has 1 aromatic rings. The molecular formula is C12H12ClNO2. The third-order valence-electron chi connectivity index (χ3n) is 2.86. The summed E-state index contributed by atoms with van der Waals surface area (Å²) in [5, 5.41) is 10.9. The summed E-state index contributed by atoms with van der Waals surface area (Å²) in [6.07, 6.45) is 1.71. The largest absolute Gasteiger partial charge is 0.375 e. The van der Waals surface area contributed by atoms with Gasteiger partial charge in [-0.2, -0.15) is 0 Å². The summed E-state index contributed by atoms with van der Waals surface area (Å²) in [4.78, 5) is 13.4. The molecule has 0 aromatic heterocycles. The van der Waals surface area contributed by atoms with Gasteiger partial charge in [-0.25, -0.2) is 0 Å². The van der Waals surface area contributed by atoms with Gasteiger partial charge < -0.3 is 10.0 Å². The highest BCUT2D eigenvalue weighted by Gasteiger charge is 2.47. The average Bonchev–Trinajstić information content (AvgIpc) is 2.42. The SMILES string of the molecule is C=CC[C@]1(O)C(=O)N(C)c2ccc(Cl)cc21. The predicted octanol–water partition coefficient (Wildman–Crippen LogP) is 2.08. The third kappa shape index (κ3) is 1.36. The first-order valence-corrected chi connectivity index (χ1v) is 5.30. The number of likely N-dealkylation sites (N-methyl/N-ethyl adjacent to an activating group) is 1. The first kappa shape index (κ1) is 11.2. The van der Waals surface area contributed by atoms with Crippen molar-refractivity contribution in [3.8, 4) is 0 Å². The van der Waals surface area contributed by atoms with Crippen molar-refractivity contribution in [1.29, 1.82) is 0 Å². The van der Waals surface area contributed by atoms with Crippen LogP contribution in [0.25, 0.3) is 0 Å². The van der Waals surface area contributed by atoms with E-state index >= 15 is 0 Å². The molecule has 16 heavy (non-hydrogen) atoms. The number of benzene rings is 1. The molecule has 0 saturated carbocycles. The number of aliphatic hydroxyl groups is 1. The minimum atomic E-state index is -1.52. The molecule has 1 aliphatic heterocycles. The van der Waals surface area contributed by atoms with Crippen molar-refractivity contribution in [2.24, 2.45) is 0 Å². The molecule has 3 nitrogen and oxygen atoms in total. The maximum Gasteiger partial charge on any atom is 0.263 e. The van der Waals surface area contributed by atoms with Crippen LogP contribution in [0.4, 0.5) is 5.69 Å². The molecule has 1 aromatic carbocycles. The van der Waals surface area contributed by atoms with Gasteiger partial charge in [0.25, 0.3) is 5.91 Å². The fourth-order valence-corrected chi connectivity index (χ4v) is 2.21. The second-order valence-corrected chi connectivity index (χ2v) is 4.32. The van der Waals surface area contributed by atoms with E-state index in [1.54, 1.807) is 25.2 Å². The van der Waals surface area contributed by atoms with Crippen molar-refractivity contribution >= 4 is 23.2 Å². The smallest absolute Gasteiger partial charge is 0.263 e. The Morgan fingerprint density at radius 2 is 2.31 bits per heavy atom. The molecule has 84 valence electrons. The minimum Gasteiger partial charge on any atom is -0.375 e. The number of hydrogen-bond donors (Lipinski definition) is 1. The van der Waals surface area contributed by atoms with Gasteiger partial charge in [-0.05, 0) is 18.2 Å². The van der Waals surface area contributed by atoms with Crippen LogP contribution >= 0.6 is 11.6 Å². The van der Waals surface area contributed by atoms with Crippen LogP contribution in [0.3, 0.4) is 0 Å². The molecule has 0 radical (unpaired) electrons. The Morgan fingerprint density at radius 1 is 1.62 bits per heavy atom. The first-order valence-electron chi connectivity index (χ1n) is 4.92. The summed E-state index contributed by atoms with van der Waals surface area (Å²) in [5.41, 5.74) is -0.275. The van der Waals surface area contributed by atoms with E-state index in [4.69, 9.17) is 11.6 Å². The molecule has 4 heteroatoms. The number of nitrogens with zero attached hydrogens (tertiary/aromatic N) is 1. The topological polar surface area (TPSA) is 40.5 Å². The standard InChI is InChI=1S/C12H12ClNO2/c1-3-6-12(16)9-7-8(13)4-5-10(9)14(2)11(12)15/h3-5,7,16H,1,6H2,2H3/t12-/m1/s1. The molecule has 0 unspecified atom stereocenters. The van der Waals surface area contributed by atoms with Gasteiger partial charge in [0.05, 0.1) is 5.69 Å². The molecule has 1 heterocycles. The van der Waals surface area contributed by atoms with Crippen molar-refractivity contribution in [2.45, 2.75) is 12.0 Å². The highest BCUT2D eigenvalue weighted by molar-refractivity contribution is 6.31. The Morgan fingerprint density at radius 3 is 2.94 bits per heavy atom. The molecule has 0 aliphatic carbocycles. The predicted molar refractivity (Wildman–Crippen MR) is 63.6 cm³/mol. The average molecular weight is 238 g/mol. The lowest BCUT2D eigenvalue weighted by Gasteiger charge is -2.19. The Hall–Kier alpha value is -1.32. The monoisotopic (exact) mass is 237 g/mol. The van der Waals surface area contributed by atoms with Crippen molar-refractivity contribution in [2.75, 3.05) is 11.9 Å². The van der Waals surface area contributed by atoms with E-state index in [-0.39, 0.29) is 12.3 Å². The molecule has 1 N–H and O–H groups in total. The molecule has 0 bridgehead atoms. The van der Waals surface area contributed by atoms with E-state index in [0.29, 0.717) is 16.3 Å². The number of fused-ring (bicyclic) bond motifs is 1. The second-order valence-electron chi connectivity index (χ2n) is 3.88. The van der Waals surface area contributed by atoms with Crippen LogP contribution in [0.1, 0.15) is 12.0 Å². The molecule has 0 spiro atoms. The van der Waals surface area contributed by atoms with Crippen LogP contribution in [-0.2, 0) is 10.4 Å². The molecule has 2 rings (SSSR count). The van der Waals surface area contributed by atoms with Crippen molar-refractivity contribution in [1.82, 2.24) is 0 Å². The third-order valence-corrected chi connectivity index (χ3v) is 3.10. The van der Waals surface area contributed by atoms with Crippen LogP contribution in [-0.4, -0.2) is 18.1 Å². The quantitative estimate of drug-likeness (QED) is 0.800. The number of halogens is 1. The highest BCUT2D eigenvalue weighted by atomic mass is 35.5. The van der Waals surface area contributed by atoms with Gasteiger partial charge in [-0.1, -0.05) is 17.7 Å². The number of rotatable bonds is 2. The number of amides is 1. The van der Waals surface area contributed by atoms with Gasteiger partial charge in [0, 0.05) is 24.1 Å². The number of carbonyl (C=O) groups excluding carboxylic acids is 1. The lowest BCUT2D eigenvalue weighted by Crippen LogP contribution is -2.38. The van der Waals surface area contributed by atoms with E-state index in [0.717, 1.165) is 0 Å². The van der Waals surface area contributed by atoms with Crippen LogP contribution in [0.2, 0.25) is 5.02 Å². The number of carbonyl (C=O) groups is 1. The van der Waals surface area contributed by atoms with Gasteiger partial charge in [-0.15, -0.1) is 6.58 Å². The summed E-state index contributed by atoms with van der Waals surface area (Å²) in [7, 11) is 1.64. The number of hydrogen-bond acceptors (Lipinski definition) is 2. The highest BCUT2D eigenvalue weighted by Crippen LogP contribution is 2.42. The van der Waals surface area contributed by atoms with E-state index in [1.165, 1.54) is 11.0 Å². The van der Waals surface area contributed by atoms with Crippen molar-refractivity contribution < 1.29 is 9.90 Å². The lowest BCUT2D eigenvalue weighted by molar-refractivity contribution is -0.135. The van der Waals surface area contributed by atoms with Gasteiger partial charge in [0.15, 0.2) is 5.60 Å². The Bertz CT molecular complexity index is 472. The zero-order valence-corrected chi connectivity index (χ0v) is 9.66. The fraction of sp³-hybridized carbons (Fsp3) is 0.250. The molecule has 1 aliphatic rings. The van der Waals surface area contributed by atoms with Crippen LogP contribution in [0, 0.1) is 0 Å². The minimum absolute atomic E-state index is 0.184. The zero-order valence-electron chi connectivity index (χ0n) is 8.90. The maximum atomic E-state index is 12.0. The van der Waals surface area contributed by atoms with E-state index < -0.39 is 5.60 Å². The Balaban J connectivity index is 2.63. The van der Waals surface area contributed by atoms with Crippen LogP contribution in [0.15, 0.2) is 30.9 Å². The molecule has 0 fully saturated rings. The summed E-state index contributed by atoms with van der Waals surface area (Å²) < 4.78 is 0. The molecular weight excluding hydrogens is 226 g/mol. The second kappa shape index (κ2) is 3.61. The summed E-state index contributed by atoms with van der Waals surface area (Å²) in [6, 6.07) is 5.06. The summed E-state index contributed by atoms with van der Waals surface area (Å²) >= 11 is 5.88. The van der Waals surface area contributed by atoms with E-state index in [2.05, 4.69) is 6.58 Å². The Labute approximate surface area is 98.9 Å². The maximum absolute atomic E-state index is 12.0. The molecule has 0 saturated heterocycles. The summed E-state index contributed by atoms with van der Waals surface area (Å²) in [5.74, 6) is -0.343. The normalized spacial score (nSPS) is 23.4. The summed E-state index contributed by atoms with van der Waals surface area (Å²) in [6.45, 7) is 3.56. The fourth-order valence-electron chi connectivity index (χ4n) is 2.04. The van der Waals surface area contributed by atoms with Crippen LogP contribution < -0.4 is 4.90 Å². The van der Waals surface area contributed by atoms with E-state index in [1.807, 2.05) is 0 Å². The van der Waals surface area contributed by atoms with Crippen molar-refractivity contribution in [3.05, 3.63) is 41.4 Å². The molecule has 1 amide bonds. The van der Waals surface area contributed by atoms with E-state index in [9.17, 15) is 9.90 Å². The van der Waals surface area contributed by atoms with Gasteiger partial charge in [0.2, 0.25) is 0 Å². The zero-order chi connectivity index (χ0) is 11.9. The molecule has 1 atom stereocenters.